The second-order valence-electron chi connectivity index (χ2n) is 11.7. The highest BCUT2D eigenvalue weighted by Gasteiger charge is 2.64. The minimum atomic E-state index is -2.72. The van der Waals surface area contributed by atoms with Crippen LogP contribution >= 0.6 is 24.8 Å². The highest BCUT2D eigenvalue weighted by molar-refractivity contribution is 6.24. The molecule has 1 aromatic carbocycles. The van der Waals surface area contributed by atoms with Crippen LogP contribution in [0.4, 0.5) is 11.4 Å². The number of hydrogen-bond acceptors (Lipinski definition) is 11. The van der Waals surface area contributed by atoms with Crippen LogP contribution in [-0.2, 0) is 25.6 Å². The molecule has 4 aliphatic carbocycles. The number of aromatic hydroxyl groups is 1. The van der Waals surface area contributed by atoms with Crippen LogP contribution in [0.25, 0.3) is 5.76 Å². The number of primary amides is 1. The maximum absolute atomic E-state index is 14.0. The Morgan fingerprint density at radius 2 is 1.72 bits per heavy atom. The molecule has 3 unspecified atom stereocenters. The van der Waals surface area contributed by atoms with Gasteiger partial charge in [-0.1, -0.05) is 0 Å². The van der Waals surface area contributed by atoms with Crippen LogP contribution < -0.4 is 21.3 Å². The number of halogens is 2. The number of Topliss-reactive ketones (excluding diaryl/α,β-unsaturated/α-hetero) is 2. The van der Waals surface area contributed by atoms with Gasteiger partial charge in [-0.15, -0.1) is 24.8 Å². The molecule has 2 fully saturated rings. The van der Waals surface area contributed by atoms with Crippen molar-refractivity contribution in [1.29, 1.82) is 0 Å². The number of carbonyl (C=O) groups is 4. The molecule has 1 aromatic rings. The predicted molar refractivity (Wildman–Crippen MR) is 163 cm³/mol. The molecule has 0 bridgehead atoms. The number of aliphatic hydroxyl groups excluding tert-OH is 2. The van der Waals surface area contributed by atoms with Crippen molar-refractivity contribution >= 4 is 65.3 Å². The van der Waals surface area contributed by atoms with Crippen LogP contribution in [0.15, 0.2) is 23.0 Å². The summed E-state index contributed by atoms with van der Waals surface area (Å²) >= 11 is 0. The Morgan fingerprint density at radius 1 is 1.09 bits per heavy atom. The summed E-state index contributed by atoms with van der Waals surface area (Å²) in [7, 11) is 6.60. The van der Waals surface area contributed by atoms with E-state index in [0.717, 1.165) is 12.8 Å². The molecule has 0 radical (unpaired) electrons. The standard InChI is InChI=1S/C28H35N5O8.2ClH/c1-32(2)16-9-15(31-17(34)10-30-12-5-6-12)22(35)19-13(16)7-11-8-14-21(33(3)4)24(37)20(27(29)40)26(39)28(14,41)25(38)18(11)23(19)36;;/h9,11-12,14,21,30,35-36,39,41H,5-8,10H2,1-4H3,(H2,29,40)(H,31,34);2*1H/t11?,14?,21-,28?;;/m0../s1. The molecule has 0 saturated heterocycles. The zero-order valence-corrected chi connectivity index (χ0v) is 25.8. The number of anilines is 2. The maximum atomic E-state index is 14.0. The summed E-state index contributed by atoms with van der Waals surface area (Å²) in [6.45, 7) is 0.0279. The van der Waals surface area contributed by atoms with Crippen molar-refractivity contribution in [1.82, 2.24) is 10.2 Å². The number of rotatable bonds is 7. The number of hydrogen-bond donors (Lipinski definition) is 7. The van der Waals surface area contributed by atoms with Crippen LogP contribution in [0.1, 0.15) is 30.4 Å². The monoisotopic (exact) mass is 641 g/mol. The number of aliphatic hydroxyl groups is 3. The number of nitrogens with two attached hydrogens (primary N) is 1. The van der Waals surface area contributed by atoms with Gasteiger partial charge in [0.15, 0.2) is 11.4 Å². The van der Waals surface area contributed by atoms with E-state index in [4.69, 9.17) is 5.73 Å². The van der Waals surface area contributed by atoms with Gasteiger partial charge in [0.2, 0.25) is 11.7 Å². The first kappa shape index (κ1) is 34.1. The van der Waals surface area contributed by atoms with Crippen LogP contribution in [0, 0.1) is 11.8 Å². The molecule has 4 atom stereocenters. The predicted octanol–water partition coefficient (Wildman–Crippen LogP) is 0.564. The van der Waals surface area contributed by atoms with Crippen molar-refractivity contribution < 1.29 is 39.6 Å². The Labute approximate surface area is 260 Å². The lowest BCUT2D eigenvalue weighted by Gasteiger charge is -2.50. The Morgan fingerprint density at radius 3 is 2.26 bits per heavy atom. The normalized spacial score (nSPS) is 26.1. The van der Waals surface area contributed by atoms with Crippen molar-refractivity contribution in [2.45, 2.75) is 43.4 Å². The summed E-state index contributed by atoms with van der Waals surface area (Å²) < 4.78 is 0. The van der Waals surface area contributed by atoms with Gasteiger partial charge in [-0.3, -0.25) is 24.1 Å². The van der Waals surface area contributed by atoms with Gasteiger partial charge in [-0.05, 0) is 57.3 Å². The lowest BCUT2D eigenvalue weighted by molar-refractivity contribution is -0.153. The summed E-state index contributed by atoms with van der Waals surface area (Å²) in [6, 6.07) is 0.717. The third-order valence-electron chi connectivity index (χ3n) is 8.58. The number of benzene rings is 1. The average molecular weight is 643 g/mol. The molecule has 43 heavy (non-hydrogen) atoms. The van der Waals surface area contributed by atoms with E-state index in [-0.39, 0.29) is 67.1 Å². The molecular formula is C28H37Cl2N5O8. The lowest BCUT2D eigenvalue weighted by atomic mass is 9.57. The van der Waals surface area contributed by atoms with Crippen molar-refractivity contribution in [3.63, 3.8) is 0 Å². The third-order valence-corrected chi connectivity index (χ3v) is 8.58. The molecule has 236 valence electrons. The molecule has 8 N–H and O–H groups in total. The average Bonchev–Trinajstić information content (AvgIpc) is 3.70. The van der Waals surface area contributed by atoms with Crippen molar-refractivity contribution in [2.24, 2.45) is 17.6 Å². The van der Waals surface area contributed by atoms with Crippen molar-refractivity contribution in [2.75, 3.05) is 45.0 Å². The first-order valence-corrected chi connectivity index (χ1v) is 13.4. The van der Waals surface area contributed by atoms with Gasteiger partial charge in [0, 0.05) is 37.3 Å². The molecule has 4 aliphatic rings. The maximum Gasteiger partial charge on any atom is 0.255 e. The van der Waals surface area contributed by atoms with Crippen LogP contribution in [-0.4, -0.2) is 101 Å². The Balaban J connectivity index is 0.00000253. The SMILES string of the molecule is CN(C)c1cc(NC(=O)CNC2CC2)c(O)c2c1CC1CC3[C@H](N(C)C)C(=O)C(C(N)=O)=C(O)C3(O)C(=O)C1=C2O.Cl.Cl. The molecule has 0 aliphatic heterocycles. The van der Waals surface area contributed by atoms with E-state index in [1.54, 1.807) is 39.2 Å². The summed E-state index contributed by atoms with van der Waals surface area (Å²) in [5, 5.41) is 51.2. The number of nitrogens with one attached hydrogen (secondary N) is 2. The zero-order valence-electron chi connectivity index (χ0n) is 24.1. The number of nitrogens with zero attached hydrogens (tertiary/aromatic N) is 2. The summed E-state index contributed by atoms with van der Waals surface area (Å²) in [6.07, 6.45) is 2.11. The second-order valence-corrected chi connectivity index (χ2v) is 11.7. The van der Waals surface area contributed by atoms with Gasteiger partial charge in [0.05, 0.1) is 23.8 Å². The molecule has 0 spiro atoms. The number of fused-ring (bicyclic) bond motifs is 3. The number of likely N-dealkylation sites (N-methyl/N-ethyl adjacent to an activating group) is 1. The molecule has 0 heterocycles. The Hall–Kier alpha value is -3.36. The van der Waals surface area contributed by atoms with E-state index in [1.165, 1.54) is 4.90 Å². The molecule has 13 nitrogen and oxygen atoms in total. The van der Waals surface area contributed by atoms with Gasteiger partial charge in [0.25, 0.3) is 5.91 Å². The van der Waals surface area contributed by atoms with Gasteiger partial charge >= 0.3 is 0 Å². The van der Waals surface area contributed by atoms with Gasteiger partial charge in [0.1, 0.15) is 22.8 Å². The van der Waals surface area contributed by atoms with Gasteiger partial charge in [-0.2, -0.15) is 0 Å². The number of amides is 2. The van der Waals surface area contributed by atoms with E-state index in [0.29, 0.717) is 11.3 Å². The summed E-state index contributed by atoms with van der Waals surface area (Å²) in [5.74, 6) is -7.67. The van der Waals surface area contributed by atoms with Crippen LogP contribution in [0.5, 0.6) is 5.75 Å². The van der Waals surface area contributed by atoms with E-state index >= 15 is 0 Å². The topological polar surface area (TPSA) is 206 Å². The second kappa shape index (κ2) is 12.0. The third kappa shape index (κ3) is 5.33. The zero-order chi connectivity index (χ0) is 30.1. The minimum Gasteiger partial charge on any atom is -0.508 e. The van der Waals surface area contributed by atoms with Crippen molar-refractivity contribution in [3.05, 3.63) is 34.1 Å². The molecule has 5 rings (SSSR count). The fraction of sp³-hybridized carbons (Fsp3) is 0.500. The highest BCUT2D eigenvalue weighted by Crippen LogP contribution is 2.54. The van der Waals surface area contributed by atoms with E-state index in [9.17, 15) is 39.6 Å². The lowest BCUT2D eigenvalue weighted by Crippen LogP contribution is -2.65. The largest absolute Gasteiger partial charge is 0.508 e. The van der Waals surface area contributed by atoms with Gasteiger partial charge in [-0.25, -0.2) is 0 Å². The first-order chi connectivity index (χ1) is 19.2. The Kier molecular flexibility index (Phi) is 9.50. The number of phenols is 1. The first-order valence-electron chi connectivity index (χ1n) is 13.4. The van der Waals surface area contributed by atoms with E-state index in [2.05, 4.69) is 10.6 Å². The van der Waals surface area contributed by atoms with Crippen molar-refractivity contribution in [3.8, 4) is 5.75 Å². The minimum absolute atomic E-state index is 0. The van der Waals surface area contributed by atoms with E-state index in [1.807, 2.05) is 0 Å². The van der Waals surface area contributed by atoms with Crippen LogP contribution in [0.3, 0.4) is 0 Å². The molecule has 2 saturated carbocycles. The highest BCUT2D eigenvalue weighted by atomic mass is 35.5. The molecule has 0 aromatic heterocycles. The quantitative estimate of drug-likeness (QED) is 0.162. The number of carbonyl (C=O) groups excluding carboxylic acids is 4. The summed E-state index contributed by atoms with van der Waals surface area (Å²) in [5.41, 5.74) is 2.55. The fourth-order valence-corrected chi connectivity index (χ4v) is 6.51. The van der Waals surface area contributed by atoms with E-state index < -0.39 is 69.7 Å². The molecule has 2 amide bonds. The number of ketones is 2. The number of phenolic OH excluding ortho intramolecular Hbond substituents is 1. The summed E-state index contributed by atoms with van der Waals surface area (Å²) in [4.78, 5) is 55.2. The smallest absolute Gasteiger partial charge is 0.255 e. The van der Waals surface area contributed by atoms with Gasteiger partial charge < -0.3 is 41.7 Å². The Bertz CT molecular complexity index is 1450. The van der Waals surface area contributed by atoms with Crippen LogP contribution in [0.2, 0.25) is 0 Å². The fourth-order valence-electron chi connectivity index (χ4n) is 6.51. The molecule has 15 heteroatoms. The molecular weight excluding hydrogens is 605 g/mol.